The molecule has 9 heteroatoms. The van der Waals surface area contributed by atoms with Crippen molar-refractivity contribution >= 4 is 40.0 Å². The zero-order valence-electron chi connectivity index (χ0n) is 17.5. The predicted octanol–water partition coefficient (Wildman–Crippen LogP) is 2.10. The minimum Gasteiger partial charge on any atom is -0.357 e. The Balaban J connectivity index is 0.00000676. The van der Waals surface area contributed by atoms with Gasteiger partial charge in [-0.1, -0.05) is 20.3 Å². The second-order valence-electron chi connectivity index (χ2n) is 6.89. The topological polar surface area (TPSA) is 77.0 Å². The quantitative estimate of drug-likeness (QED) is 0.190. The predicted molar refractivity (Wildman–Crippen MR) is 126 cm³/mol. The van der Waals surface area contributed by atoms with Crippen LogP contribution in [0.25, 0.3) is 0 Å². The Morgan fingerprint density at radius 3 is 2.56 bits per heavy atom. The molecule has 1 atom stereocenters. The van der Waals surface area contributed by atoms with Gasteiger partial charge < -0.3 is 10.6 Å². The first-order valence-electron chi connectivity index (χ1n) is 10.1. The Hall–Kier alpha value is -0.130. The van der Waals surface area contributed by atoms with Gasteiger partial charge in [0.05, 0.1) is 6.26 Å². The van der Waals surface area contributed by atoms with E-state index >= 15 is 0 Å². The highest BCUT2D eigenvalue weighted by atomic mass is 127. The second kappa shape index (κ2) is 14.8. The van der Waals surface area contributed by atoms with Gasteiger partial charge in [0, 0.05) is 45.3 Å². The molecular formula is C18H40IN5O2S. The monoisotopic (exact) mass is 517 g/mol. The van der Waals surface area contributed by atoms with E-state index < -0.39 is 10.0 Å². The van der Waals surface area contributed by atoms with E-state index in [4.69, 9.17) is 0 Å². The first-order chi connectivity index (χ1) is 12.4. The summed E-state index contributed by atoms with van der Waals surface area (Å²) in [5.41, 5.74) is 0. The molecule has 2 N–H and O–H groups in total. The maximum atomic E-state index is 11.6. The van der Waals surface area contributed by atoms with Crippen LogP contribution in [-0.2, 0) is 10.0 Å². The Labute approximate surface area is 183 Å². The Kier molecular flexibility index (Phi) is 14.7. The fraction of sp³-hybridized carbons (Fsp3) is 0.944. The summed E-state index contributed by atoms with van der Waals surface area (Å²) in [7, 11) is -3.11. The minimum atomic E-state index is -3.11. The summed E-state index contributed by atoms with van der Waals surface area (Å²) in [6.45, 7) is 11.8. The van der Waals surface area contributed by atoms with Gasteiger partial charge in [0.25, 0.3) is 0 Å². The molecule has 162 valence electrons. The molecule has 0 spiro atoms. The highest BCUT2D eigenvalue weighted by Crippen LogP contribution is 2.18. The number of guanidine groups is 1. The number of nitrogens with zero attached hydrogens (tertiary/aromatic N) is 3. The van der Waals surface area contributed by atoms with Crippen molar-refractivity contribution in [1.82, 2.24) is 19.8 Å². The van der Waals surface area contributed by atoms with Crippen molar-refractivity contribution in [1.29, 1.82) is 0 Å². The number of nitrogens with one attached hydrogen (secondary N) is 2. The van der Waals surface area contributed by atoms with Crippen molar-refractivity contribution in [3.05, 3.63) is 0 Å². The number of hydrogen-bond donors (Lipinski definition) is 2. The van der Waals surface area contributed by atoms with Crippen LogP contribution in [0.2, 0.25) is 0 Å². The third-order valence-electron chi connectivity index (χ3n) is 4.91. The molecule has 1 saturated heterocycles. The van der Waals surface area contributed by atoms with Crippen LogP contribution in [0.1, 0.15) is 52.9 Å². The van der Waals surface area contributed by atoms with Crippen LogP contribution < -0.4 is 10.6 Å². The average molecular weight is 518 g/mol. The van der Waals surface area contributed by atoms with Crippen molar-refractivity contribution < 1.29 is 8.42 Å². The standard InChI is InChI=1S/C18H39N5O2S.HI/c1-5-17-11-8-9-14-22(17)16-13-21-18(19-6-2)20-12-10-15-23(7-3)26(4,24)25;/h17H,5-16H2,1-4H3,(H2,19,20,21);1H. The molecule has 1 aliphatic heterocycles. The molecule has 7 nitrogen and oxygen atoms in total. The molecule has 0 amide bonds. The maximum absolute atomic E-state index is 11.6. The fourth-order valence-corrected chi connectivity index (χ4v) is 4.40. The molecule has 0 aromatic rings. The lowest BCUT2D eigenvalue weighted by molar-refractivity contribution is 0.147. The van der Waals surface area contributed by atoms with Crippen molar-refractivity contribution in [2.75, 3.05) is 52.1 Å². The molecule has 1 rings (SSSR count). The smallest absolute Gasteiger partial charge is 0.211 e. The molecule has 1 unspecified atom stereocenters. The molecule has 27 heavy (non-hydrogen) atoms. The zero-order valence-corrected chi connectivity index (χ0v) is 20.7. The molecule has 0 aliphatic carbocycles. The van der Waals surface area contributed by atoms with E-state index in [9.17, 15) is 8.42 Å². The molecule has 0 aromatic carbocycles. The molecule has 0 bridgehead atoms. The van der Waals surface area contributed by atoms with Gasteiger partial charge in [0.1, 0.15) is 0 Å². The molecule has 0 radical (unpaired) electrons. The van der Waals surface area contributed by atoms with Gasteiger partial charge >= 0.3 is 0 Å². The van der Waals surface area contributed by atoms with Gasteiger partial charge in [-0.15, -0.1) is 24.0 Å². The number of hydrogen-bond acceptors (Lipinski definition) is 4. The number of aliphatic imine (C=N–C) groups is 1. The number of sulfonamides is 1. The number of rotatable bonds is 11. The van der Waals surface area contributed by atoms with E-state index in [0.29, 0.717) is 19.6 Å². The van der Waals surface area contributed by atoms with Crippen molar-refractivity contribution in [2.45, 2.75) is 58.9 Å². The summed E-state index contributed by atoms with van der Waals surface area (Å²) in [5.74, 6) is 0.819. The van der Waals surface area contributed by atoms with Crippen LogP contribution in [0.4, 0.5) is 0 Å². The summed E-state index contributed by atoms with van der Waals surface area (Å²) in [5, 5.41) is 6.68. The van der Waals surface area contributed by atoms with Gasteiger partial charge in [-0.2, -0.15) is 0 Å². The SMILES string of the molecule is CCNC(=NCCCN(CC)S(C)(=O)=O)NCCN1CCCCC1CC.I. The molecule has 1 fully saturated rings. The summed E-state index contributed by atoms with van der Waals surface area (Å²) >= 11 is 0. The molecule has 0 saturated carbocycles. The molecule has 0 aromatic heterocycles. The van der Waals surface area contributed by atoms with Crippen molar-refractivity contribution in [3.8, 4) is 0 Å². The highest BCUT2D eigenvalue weighted by Gasteiger charge is 2.20. The summed E-state index contributed by atoms with van der Waals surface area (Å²) in [4.78, 5) is 7.17. The first kappa shape index (κ1) is 26.9. The Morgan fingerprint density at radius 1 is 1.22 bits per heavy atom. The lowest BCUT2D eigenvalue weighted by Crippen LogP contribution is -2.46. The maximum Gasteiger partial charge on any atom is 0.211 e. The van der Waals surface area contributed by atoms with Crippen LogP contribution in [0.3, 0.4) is 0 Å². The Morgan fingerprint density at radius 2 is 1.96 bits per heavy atom. The molecular weight excluding hydrogens is 477 g/mol. The first-order valence-corrected chi connectivity index (χ1v) is 12.0. The van der Waals surface area contributed by atoms with Crippen molar-refractivity contribution in [2.24, 2.45) is 4.99 Å². The fourth-order valence-electron chi connectivity index (χ4n) is 3.47. The number of likely N-dealkylation sites (tertiary alicyclic amines) is 1. The largest absolute Gasteiger partial charge is 0.357 e. The third-order valence-corrected chi connectivity index (χ3v) is 6.29. The second-order valence-corrected chi connectivity index (χ2v) is 8.87. The van der Waals surface area contributed by atoms with E-state index in [1.165, 1.54) is 42.8 Å². The summed E-state index contributed by atoms with van der Waals surface area (Å²) in [6.07, 6.45) is 7.19. The van der Waals surface area contributed by atoms with Gasteiger partial charge in [-0.3, -0.25) is 9.89 Å². The lowest BCUT2D eigenvalue weighted by Gasteiger charge is -2.35. The minimum absolute atomic E-state index is 0. The van der Waals surface area contributed by atoms with E-state index in [1.807, 2.05) is 6.92 Å². The Bertz CT molecular complexity index is 516. The van der Waals surface area contributed by atoms with Crippen LogP contribution in [0.5, 0.6) is 0 Å². The van der Waals surface area contributed by atoms with Crippen LogP contribution in [0, 0.1) is 0 Å². The van der Waals surface area contributed by atoms with Gasteiger partial charge in [-0.05, 0) is 39.2 Å². The third kappa shape index (κ3) is 10.8. The summed E-state index contributed by atoms with van der Waals surface area (Å²) < 4.78 is 24.7. The highest BCUT2D eigenvalue weighted by molar-refractivity contribution is 14.0. The lowest BCUT2D eigenvalue weighted by atomic mass is 10.0. The van der Waals surface area contributed by atoms with E-state index in [-0.39, 0.29) is 24.0 Å². The van der Waals surface area contributed by atoms with E-state index in [1.54, 1.807) is 0 Å². The van der Waals surface area contributed by atoms with Gasteiger partial charge in [0.2, 0.25) is 10.0 Å². The normalized spacial score (nSPS) is 19.0. The summed E-state index contributed by atoms with van der Waals surface area (Å²) in [6, 6.07) is 0.723. The molecule has 1 aliphatic rings. The molecule has 1 heterocycles. The van der Waals surface area contributed by atoms with Crippen LogP contribution >= 0.6 is 24.0 Å². The number of piperidine rings is 1. The number of halogens is 1. The van der Waals surface area contributed by atoms with E-state index in [2.05, 4.69) is 34.4 Å². The zero-order chi connectivity index (χ0) is 19.4. The van der Waals surface area contributed by atoms with E-state index in [0.717, 1.165) is 38.1 Å². The van der Waals surface area contributed by atoms with Crippen molar-refractivity contribution in [3.63, 3.8) is 0 Å². The van der Waals surface area contributed by atoms with Crippen LogP contribution in [0.15, 0.2) is 4.99 Å². The average Bonchev–Trinajstić information content (AvgIpc) is 2.60. The van der Waals surface area contributed by atoms with Gasteiger partial charge in [0.15, 0.2) is 5.96 Å². The van der Waals surface area contributed by atoms with Crippen LogP contribution in [-0.4, -0.2) is 81.7 Å². The van der Waals surface area contributed by atoms with Gasteiger partial charge in [-0.25, -0.2) is 12.7 Å².